The van der Waals surface area contributed by atoms with Gasteiger partial charge in [-0.25, -0.2) is 13.4 Å². The molecule has 0 saturated heterocycles. The predicted octanol–water partition coefficient (Wildman–Crippen LogP) is 2.96. The molecule has 0 saturated carbocycles. The van der Waals surface area contributed by atoms with Crippen LogP contribution in [0, 0.1) is 0 Å². The topological polar surface area (TPSA) is 87.6 Å². The average Bonchev–Trinajstić information content (AvgIpc) is 2.75. The van der Waals surface area contributed by atoms with Crippen molar-refractivity contribution in [2.24, 2.45) is 4.99 Å². The van der Waals surface area contributed by atoms with Gasteiger partial charge in [0.05, 0.1) is 5.69 Å². The first kappa shape index (κ1) is 18.9. The first-order chi connectivity index (χ1) is 14.0. The highest BCUT2D eigenvalue weighted by Gasteiger charge is 2.28. The molecular formula is C22H19N3O3S. The summed E-state index contributed by atoms with van der Waals surface area (Å²) in [5, 5.41) is 2.82. The van der Waals surface area contributed by atoms with Crippen LogP contribution < -0.4 is 10.0 Å². The van der Waals surface area contributed by atoms with E-state index in [0.29, 0.717) is 6.54 Å². The van der Waals surface area contributed by atoms with Crippen molar-refractivity contribution in [3.8, 4) is 0 Å². The van der Waals surface area contributed by atoms with E-state index in [0.717, 1.165) is 11.1 Å². The third-order valence-corrected chi connectivity index (χ3v) is 6.09. The number of nitrogens with zero attached hydrogens (tertiary/aromatic N) is 1. The fourth-order valence-corrected chi connectivity index (χ4v) is 4.43. The van der Waals surface area contributed by atoms with Gasteiger partial charge in [-0.05, 0) is 23.3 Å². The van der Waals surface area contributed by atoms with E-state index in [9.17, 15) is 13.2 Å². The first-order valence-corrected chi connectivity index (χ1v) is 10.6. The third kappa shape index (κ3) is 4.05. The lowest BCUT2D eigenvalue weighted by molar-refractivity contribution is -0.115. The van der Waals surface area contributed by atoms with Gasteiger partial charge in [0.25, 0.3) is 15.9 Å². The smallest absolute Gasteiger partial charge is 0.287 e. The molecule has 1 amide bonds. The number of hydrogen-bond donors (Lipinski definition) is 2. The van der Waals surface area contributed by atoms with Gasteiger partial charge in [-0.3, -0.25) is 9.52 Å². The second-order valence-electron chi connectivity index (χ2n) is 6.62. The van der Waals surface area contributed by atoms with Crippen LogP contribution >= 0.6 is 0 Å². The Kier molecular flexibility index (Phi) is 5.14. The lowest BCUT2D eigenvalue weighted by Gasteiger charge is -2.21. The molecule has 146 valence electrons. The number of carbonyl (C=O) groups is 1. The molecule has 0 unspecified atom stereocenters. The van der Waals surface area contributed by atoms with E-state index in [2.05, 4.69) is 15.0 Å². The van der Waals surface area contributed by atoms with Gasteiger partial charge in [0, 0.05) is 12.5 Å². The lowest BCUT2D eigenvalue weighted by atomic mass is 9.91. The molecule has 0 fully saturated rings. The zero-order chi connectivity index (χ0) is 20.3. The molecule has 0 atom stereocenters. The average molecular weight is 405 g/mol. The maximum Gasteiger partial charge on any atom is 0.287 e. The van der Waals surface area contributed by atoms with Crippen LogP contribution in [0.5, 0.6) is 0 Å². The SMILES string of the molecule is O=C(NCC(c1ccccc1)c1ccccc1)C1=Nc2ccccc2S(=O)(=O)N1. The van der Waals surface area contributed by atoms with Crippen LogP contribution in [-0.4, -0.2) is 26.7 Å². The maximum absolute atomic E-state index is 12.7. The molecule has 3 aromatic carbocycles. The fourth-order valence-electron chi connectivity index (χ4n) is 3.28. The van der Waals surface area contributed by atoms with Crippen LogP contribution in [0.1, 0.15) is 17.0 Å². The van der Waals surface area contributed by atoms with Crippen molar-refractivity contribution in [2.45, 2.75) is 10.8 Å². The van der Waals surface area contributed by atoms with Gasteiger partial charge in [-0.2, -0.15) is 0 Å². The second-order valence-corrected chi connectivity index (χ2v) is 8.27. The van der Waals surface area contributed by atoms with Crippen LogP contribution in [0.4, 0.5) is 5.69 Å². The molecule has 29 heavy (non-hydrogen) atoms. The molecular weight excluding hydrogens is 386 g/mol. The summed E-state index contributed by atoms with van der Waals surface area (Å²) in [7, 11) is -3.82. The highest BCUT2D eigenvalue weighted by atomic mass is 32.2. The molecule has 6 nitrogen and oxygen atoms in total. The molecule has 1 aliphatic heterocycles. The van der Waals surface area contributed by atoms with Crippen molar-refractivity contribution in [2.75, 3.05) is 6.54 Å². The van der Waals surface area contributed by atoms with Crippen molar-refractivity contribution in [1.82, 2.24) is 10.0 Å². The van der Waals surface area contributed by atoms with Gasteiger partial charge >= 0.3 is 0 Å². The standard InChI is InChI=1S/C22H19N3O3S/c26-22(21-24-19-13-7-8-14-20(19)29(27,28)25-21)23-15-18(16-9-3-1-4-10-16)17-11-5-2-6-12-17/h1-14,18H,15H2,(H,23,26)(H,24,25). The zero-order valence-electron chi connectivity index (χ0n) is 15.4. The van der Waals surface area contributed by atoms with Gasteiger partial charge in [0.1, 0.15) is 4.90 Å². The van der Waals surface area contributed by atoms with E-state index in [4.69, 9.17) is 0 Å². The van der Waals surface area contributed by atoms with Crippen molar-refractivity contribution < 1.29 is 13.2 Å². The predicted molar refractivity (Wildman–Crippen MR) is 112 cm³/mol. The van der Waals surface area contributed by atoms with E-state index >= 15 is 0 Å². The summed E-state index contributed by atoms with van der Waals surface area (Å²) in [5.41, 5.74) is 2.35. The summed E-state index contributed by atoms with van der Waals surface area (Å²) >= 11 is 0. The summed E-state index contributed by atoms with van der Waals surface area (Å²) in [4.78, 5) is 16.9. The molecule has 1 heterocycles. The van der Waals surface area contributed by atoms with Gasteiger partial charge in [-0.1, -0.05) is 72.8 Å². The largest absolute Gasteiger partial charge is 0.348 e. The van der Waals surface area contributed by atoms with Gasteiger partial charge in [0.15, 0.2) is 0 Å². The number of fused-ring (bicyclic) bond motifs is 1. The number of amidine groups is 1. The lowest BCUT2D eigenvalue weighted by Crippen LogP contribution is -2.45. The monoisotopic (exact) mass is 405 g/mol. The van der Waals surface area contributed by atoms with E-state index < -0.39 is 15.9 Å². The first-order valence-electron chi connectivity index (χ1n) is 9.13. The fraction of sp³-hybridized carbons (Fsp3) is 0.0909. The molecule has 7 heteroatoms. The summed E-state index contributed by atoms with van der Waals surface area (Å²) in [6.07, 6.45) is 0. The van der Waals surface area contributed by atoms with Gasteiger partial charge < -0.3 is 5.32 Å². The minimum absolute atomic E-state index is 0.0583. The Morgan fingerprint density at radius 1 is 0.862 bits per heavy atom. The van der Waals surface area contributed by atoms with Crippen LogP contribution in [0.25, 0.3) is 0 Å². The molecule has 0 aromatic heterocycles. The van der Waals surface area contributed by atoms with Crippen LogP contribution in [0.2, 0.25) is 0 Å². The minimum atomic E-state index is -3.82. The number of hydrogen-bond acceptors (Lipinski definition) is 4. The molecule has 0 aliphatic carbocycles. The van der Waals surface area contributed by atoms with Crippen LogP contribution in [-0.2, 0) is 14.8 Å². The Morgan fingerprint density at radius 3 is 2.03 bits per heavy atom. The number of sulfonamides is 1. The molecule has 0 radical (unpaired) electrons. The summed E-state index contributed by atoms with van der Waals surface area (Å²) in [6, 6.07) is 26.0. The van der Waals surface area contributed by atoms with Gasteiger partial charge in [0.2, 0.25) is 5.84 Å². The quantitative estimate of drug-likeness (QED) is 0.684. The Labute approximate surface area is 169 Å². The third-order valence-electron chi connectivity index (χ3n) is 4.70. The maximum atomic E-state index is 12.7. The molecule has 3 aromatic rings. The Balaban J connectivity index is 1.57. The normalized spacial score (nSPS) is 14.4. The summed E-state index contributed by atoms with van der Waals surface area (Å²) < 4.78 is 27.1. The Bertz CT molecular complexity index is 1120. The van der Waals surface area contributed by atoms with Crippen molar-refractivity contribution >= 4 is 27.5 Å². The zero-order valence-corrected chi connectivity index (χ0v) is 16.3. The summed E-state index contributed by atoms with van der Waals surface area (Å²) in [6.45, 7) is 0.301. The highest BCUT2D eigenvalue weighted by Crippen LogP contribution is 2.27. The van der Waals surface area contributed by atoms with Crippen molar-refractivity contribution in [3.63, 3.8) is 0 Å². The number of aliphatic imine (C=N–C) groups is 1. The van der Waals surface area contributed by atoms with Crippen molar-refractivity contribution in [1.29, 1.82) is 0 Å². The van der Waals surface area contributed by atoms with E-state index in [1.54, 1.807) is 18.2 Å². The van der Waals surface area contributed by atoms with Gasteiger partial charge in [-0.15, -0.1) is 0 Å². The van der Waals surface area contributed by atoms with E-state index in [1.165, 1.54) is 6.07 Å². The second kappa shape index (κ2) is 7.89. The minimum Gasteiger partial charge on any atom is -0.348 e. The van der Waals surface area contributed by atoms with Crippen LogP contribution in [0.15, 0.2) is 94.8 Å². The summed E-state index contributed by atoms with van der Waals surface area (Å²) in [5.74, 6) is -0.877. The Hall–Kier alpha value is -3.45. The number of amides is 1. The van der Waals surface area contributed by atoms with Crippen LogP contribution in [0.3, 0.4) is 0 Å². The molecule has 0 spiro atoms. The number of benzene rings is 3. The molecule has 0 bridgehead atoms. The molecule has 4 rings (SSSR count). The van der Waals surface area contributed by atoms with E-state index in [-0.39, 0.29) is 22.3 Å². The molecule has 2 N–H and O–H groups in total. The number of nitrogens with one attached hydrogen (secondary N) is 2. The highest BCUT2D eigenvalue weighted by molar-refractivity contribution is 7.90. The van der Waals surface area contributed by atoms with Crippen molar-refractivity contribution in [3.05, 3.63) is 96.1 Å². The van der Waals surface area contributed by atoms with E-state index in [1.807, 2.05) is 60.7 Å². The number of rotatable bonds is 5. The number of para-hydroxylation sites is 1. The number of carbonyl (C=O) groups excluding carboxylic acids is 1. The Morgan fingerprint density at radius 2 is 1.41 bits per heavy atom. The molecule has 1 aliphatic rings.